The van der Waals surface area contributed by atoms with Crippen LogP contribution in [-0.4, -0.2) is 101 Å². The first-order valence-electron chi connectivity index (χ1n) is 8.61. The summed E-state index contributed by atoms with van der Waals surface area (Å²) >= 11 is 0. The first-order chi connectivity index (χ1) is 13.5. The van der Waals surface area contributed by atoms with E-state index in [0.717, 1.165) is 0 Å². The number of nitrogens with two attached hydrogens (primary N) is 1. The fraction of sp³-hybridized carbons (Fsp3) is 0.667. The van der Waals surface area contributed by atoms with Crippen molar-refractivity contribution < 1.29 is 39.7 Å². The van der Waals surface area contributed by atoms with Crippen molar-refractivity contribution in [1.82, 2.24) is 19.5 Å². The van der Waals surface area contributed by atoms with Crippen LogP contribution in [0.5, 0.6) is 0 Å². The van der Waals surface area contributed by atoms with Gasteiger partial charge in [0, 0.05) is 0 Å². The molecule has 0 unspecified atom stereocenters. The van der Waals surface area contributed by atoms with E-state index in [1.165, 1.54) is 17.2 Å². The quantitative estimate of drug-likeness (QED) is 0.290. The Balaban J connectivity index is 1.57. The highest BCUT2D eigenvalue weighted by Gasteiger charge is 2.51. The summed E-state index contributed by atoms with van der Waals surface area (Å²) in [6.45, 7) is -1.01. The first-order valence-corrected chi connectivity index (χ1v) is 8.61. The molecule has 2 fully saturated rings. The molecule has 0 saturated carbocycles. The van der Waals surface area contributed by atoms with Crippen LogP contribution >= 0.6 is 0 Å². The minimum absolute atomic E-state index is 0.161. The van der Waals surface area contributed by atoms with Gasteiger partial charge < -0.3 is 45.5 Å². The van der Waals surface area contributed by atoms with E-state index in [1.54, 1.807) is 0 Å². The van der Waals surface area contributed by atoms with Gasteiger partial charge in [-0.1, -0.05) is 0 Å². The van der Waals surface area contributed by atoms with Crippen LogP contribution in [0, 0.1) is 0 Å². The Kier molecular flexibility index (Phi) is 5.15. The molecule has 0 aromatic carbocycles. The molecule has 8 atom stereocenters. The van der Waals surface area contributed by atoms with Gasteiger partial charge in [0.1, 0.15) is 48.5 Å². The molecule has 2 aliphatic heterocycles. The minimum Gasteiger partial charge on any atom is -0.394 e. The Morgan fingerprint density at radius 1 is 1.00 bits per heavy atom. The van der Waals surface area contributed by atoms with E-state index in [9.17, 15) is 25.5 Å². The molecule has 2 aromatic rings. The summed E-state index contributed by atoms with van der Waals surface area (Å²) in [6, 6.07) is 0. The van der Waals surface area contributed by atoms with E-state index in [2.05, 4.69) is 15.0 Å². The fourth-order valence-corrected chi connectivity index (χ4v) is 3.45. The molecule has 0 aliphatic carbocycles. The molecule has 2 aromatic heterocycles. The molecule has 13 heteroatoms. The van der Waals surface area contributed by atoms with Crippen molar-refractivity contribution >= 4 is 17.0 Å². The Bertz CT molecular complexity index is 836. The molecule has 0 amide bonds. The molecule has 7 N–H and O–H groups in total. The number of nitrogens with zero attached hydrogens (tertiary/aromatic N) is 4. The highest BCUT2D eigenvalue weighted by Crippen LogP contribution is 2.35. The van der Waals surface area contributed by atoms with Crippen molar-refractivity contribution in [3.8, 4) is 0 Å². The smallest absolute Gasteiger partial charge is 0.187 e. The zero-order chi connectivity index (χ0) is 20.0. The molecule has 28 heavy (non-hydrogen) atoms. The van der Waals surface area contributed by atoms with Gasteiger partial charge in [0.05, 0.1) is 19.5 Å². The van der Waals surface area contributed by atoms with Crippen molar-refractivity contribution in [1.29, 1.82) is 0 Å². The van der Waals surface area contributed by atoms with Gasteiger partial charge in [-0.05, 0) is 0 Å². The summed E-state index contributed by atoms with van der Waals surface area (Å²) in [7, 11) is 0. The lowest BCUT2D eigenvalue weighted by atomic mass is 10.1. The highest BCUT2D eigenvalue weighted by atomic mass is 16.7. The highest BCUT2D eigenvalue weighted by molar-refractivity contribution is 5.81. The number of rotatable bonds is 5. The lowest BCUT2D eigenvalue weighted by Crippen LogP contribution is -2.43. The van der Waals surface area contributed by atoms with Crippen LogP contribution < -0.4 is 5.73 Å². The van der Waals surface area contributed by atoms with Crippen LogP contribution in [-0.2, 0) is 14.2 Å². The first kappa shape index (κ1) is 19.4. The standard InChI is InChI=1S/C15H21N5O8/c16-12-7-13(18-3-17-12)20(4-19-7)14-10(25)11(6(2-22)26-14)28-15-9(24)8(23)5(1-21)27-15/h3-6,8-11,14-15,21-25H,1-2H2,(H2,16,17,18)/t5-,6-,8-,9-,10-,11-,14-,15+/m1/s1. The number of ether oxygens (including phenoxy) is 3. The SMILES string of the molecule is Nc1ncnc2c1ncn2[C@@H]1O[C@H](CO)[C@@H](O[C@@H]2O[C@H](CO)[C@@H](O)[C@H]2O)[C@H]1O. The van der Waals surface area contributed by atoms with Gasteiger partial charge in [-0.25, -0.2) is 15.0 Å². The number of aromatic nitrogens is 4. The number of aliphatic hydroxyl groups excluding tert-OH is 5. The molecule has 4 heterocycles. The van der Waals surface area contributed by atoms with Crippen molar-refractivity contribution in [2.45, 2.75) is 49.1 Å². The van der Waals surface area contributed by atoms with Crippen LogP contribution in [0.25, 0.3) is 11.2 Å². The summed E-state index contributed by atoms with van der Waals surface area (Å²) < 4.78 is 18.0. The zero-order valence-corrected chi connectivity index (χ0v) is 14.5. The molecular formula is C15H21N5O8. The van der Waals surface area contributed by atoms with E-state index in [1.807, 2.05) is 0 Å². The number of fused-ring (bicyclic) bond motifs is 1. The van der Waals surface area contributed by atoms with Gasteiger partial charge >= 0.3 is 0 Å². The maximum absolute atomic E-state index is 10.8. The second-order valence-electron chi connectivity index (χ2n) is 6.63. The number of hydrogen-bond acceptors (Lipinski definition) is 12. The summed E-state index contributed by atoms with van der Waals surface area (Å²) in [5, 5.41) is 49.5. The van der Waals surface area contributed by atoms with Crippen LogP contribution in [0.3, 0.4) is 0 Å². The molecule has 2 saturated heterocycles. The fourth-order valence-electron chi connectivity index (χ4n) is 3.45. The van der Waals surface area contributed by atoms with Crippen LogP contribution in [0.1, 0.15) is 6.23 Å². The third-order valence-corrected chi connectivity index (χ3v) is 4.94. The lowest BCUT2D eigenvalue weighted by Gasteiger charge is -2.25. The van der Waals surface area contributed by atoms with E-state index in [4.69, 9.17) is 19.9 Å². The topological polar surface area (TPSA) is 198 Å². The van der Waals surface area contributed by atoms with Crippen LogP contribution in [0.15, 0.2) is 12.7 Å². The van der Waals surface area contributed by atoms with Crippen molar-refractivity contribution in [2.75, 3.05) is 18.9 Å². The Labute approximate surface area is 157 Å². The number of anilines is 1. The number of nitrogen functional groups attached to an aromatic ring is 1. The van der Waals surface area contributed by atoms with Gasteiger partial charge in [-0.3, -0.25) is 4.57 Å². The van der Waals surface area contributed by atoms with Crippen LogP contribution in [0.4, 0.5) is 5.82 Å². The van der Waals surface area contributed by atoms with Gasteiger partial charge in [0.15, 0.2) is 24.0 Å². The molecule has 0 radical (unpaired) electrons. The van der Waals surface area contributed by atoms with Crippen LogP contribution in [0.2, 0.25) is 0 Å². The van der Waals surface area contributed by atoms with E-state index >= 15 is 0 Å². The van der Waals surface area contributed by atoms with Gasteiger partial charge in [0.2, 0.25) is 0 Å². The third kappa shape index (κ3) is 3.01. The maximum atomic E-state index is 10.8. The molecule has 4 rings (SSSR count). The second-order valence-corrected chi connectivity index (χ2v) is 6.63. The molecule has 0 spiro atoms. The number of hydrogen-bond donors (Lipinski definition) is 6. The summed E-state index contributed by atoms with van der Waals surface area (Å²) in [6.07, 6.45) is -6.90. The molecule has 154 valence electrons. The summed E-state index contributed by atoms with van der Waals surface area (Å²) in [5.74, 6) is 0.161. The minimum atomic E-state index is -1.44. The lowest BCUT2D eigenvalue weighted by molar-refractivity contribution is -0.215. The third-order valence-electron chi connectivity index (χ3n) is 4.94. The Morgan fingerprint density at radius 3 is 2.43 bits per heavy atom. The van der Waals surface area contributed by atoms with E-state index < -0.39 is 62.4 Å². The number of imidazole rings is 1. The monoisotopic (exact) mass is 399 g/mol. The normalized spacial score (nSPS) is 38.5. The summed E-state index contributed by atoms with van der Waals surface area (Å²) in [5.41, 5.74) is 6.41. The largest absolute Gasteiger partial charge is 0.394 e. The van der Waals surface area contributed by atoms with Gasteiger partial charge in [0.25, 0.3) is 0 Å². The van der Waals surface area contributed by atoms with Gasteiger partial charge in [-0.2, -0.15) is 0 Å². The molecule has 2 aliphatic rings. The molecule has 13 nitrogen and oxygen atoms in total. The summed E-state index contributed by atoms with van der Waals surface area (Å²) in [4.78, 5) is 12.1. The average Bonchev–Trinajstić information content (AvgIpc) is 3.33. The average molecular weight is 399 g/mol. The zero-order valence-electron chi connectivity index (χ0n) is 14.5. The molecule has 0 bridgehead atoms. The van der Waals surface area contributed by atoms with Crippen molar-refractivity contribution in [3.63, 3.8) is 0 Å². The Hall–Kier alpha value is -1.97. The van der Waals surface area contributed by atoms with E-state index in [-0.39, 0.29) is 5.82 Å². The molecular weight excluding hydrogens is 378 g/mol. The van der Waals surface area contributed by atoms with Crippen molar-refractivity contribution in [2.24, 2.45) is 0 Å². The number of aliphatic hydroxyl groups is 5. The predicted molar refractivity (Wildman–Crippen MR) is 89.4 cm³/mol. The second kappa shape index (κ2) is 7.46. The maximum Gasteiger partial charge on any atom is 0.187 e. The van der Waals surface area contributed by atoms with E-state index in [0.29, 0.717) is 11.2 Å². The van der Waals surface area contributed by atoms with Crippen molar-refractivity contribution in [3.05, 3.63) is 12.7 Å². The Morgan fingerprint density at radius 2 is 1.75 bits per heavy atom. The predicted octanol–water partition coefficient (Wildman–Crippen LogP) is -3.52. The van der Waals surface area contributed by atoms with Gasteiger partial charge in [-0.15, -0.1) is 0 Å².